The Morgan fingerprint density at radius 1 is 0.397 bits per heavy atom. The van der Waals surface area contributed by atoms with E-state index in [9.17, 15) is 0 Å². The van der Waals surface area contributed by atoms with Crippen LogP contribution in [-0.2, 0) is 0 Å². The van der Waals surface area contributed by atoms with E-state index in [1.807, 2.05) is 18.2 Å². The number of thiophene rings is 1. The fourth-order valence-corrected chi connectivity index (χ4v) is 10.2. The Morgan fingerprint density at radius 3 is 1.83 bits per heavy atom. The molecule has 0 saturated carbocycles. The van der Waals surface area contributed by atoms with Gasteiger partial charge in [0.25, 0.3) is 0 Å². The number of hydrogen-bond acceptors (Lipinski definition) is 5. The first-order valence-electron chi connectivity index (χ1n) is 19.4. The lowest BCUT2D eigenvalue weighted by molar-refractivity contribution is 0.669. The summed E-state index contributed by atoms with van der Waals surface area (Å²) in [6.07, 6.45) is 0. The summed E-state index contributed by atoms with van der Waals surface area (Å²) in [5.74, 6) is 1.73. The molecule has 0 saturated heterocycles. The molecule has 0 amide bonds. The van der Waals surface area contributed by atoms with Gasteiger partial charge in [-0.25, -0.2) is 4.98 Å². The molecule has 8 aromatic carbocycles. The van der Waals surface area contributed by atoms with Crippen LogP contribution in [0.2, 0.25) is 0 Å². The molecule has 0 unspecified atom stereocenters. The summed E-state index contributed by atoms with van der Waals surface area (Å²) < 4.78 is 13.4. The van der Waals surface area contributed by atoms with Gasteiger partial charge in [0.15, 0.2) is 11.6 Å². The highest BCUT2D eigenvalue weighted by Crippen LogP contribution is 2.42. The molecule has 5 aromatic heterocycles. The normalized spacial score (nSPS) is 12.1. The quantitative estimate of drug-likeness (QED) is 0.179. The Balaban J connectivity index is 1.11. The zero-order valence-corrected chi connectivity index (χ0v) is 31.6. The van der Waals surface area contributed by atoms with E-state index in [1.54, 1.807) is 11.3 Å². The molecule has 7 heteroatoms. The number of benzene rings is 8. The highest BCUT2D eigenvalue weighted by Gasteiger charge is 2.23. The summed E-state index contributed by atoms with van der Waals surface area (Å²) in [6.45, 7) is 0. The summed E-state index contributed by atoms with van der Waals surface area (Å²) >= 11 is 1.79. The minimum Gasteiger partial charge on any atom is -0.456 e. The lowest BCUT2D eigenvalue weighted by Gasteiger charge is -2.11. The minimum atomic E-state index is 0.550. The predicted octanol–water partition coefficient (Wildman–Crippen LogP) is 13.7. The van der Waals surface area contributed by atoms with Crippen LogP contribution < -0.4 is 0 Å². The minimum absolute atomic E-state index is 0.550. The van der Waals surface area contributed by atoms with Crippen molar-refractivity contribution in [2.75, 3.05) is 0 Å². The summed E-state index contributed by atoms with van der Waals surface area (Å²) in [7, 11) is 0. The fourth-order valence-electron chi connectivity index (χ4n) is 9.02. The van der Waals surface area contributed by atoms with Crippen LogP contribution >= 0.6 is 11.3 Å². The highest BCUT2D eigenvalue weighted by molar-refractivity contribution is 7.25. The molecule has 0 aliphatic carbocycles. The Kier molecular flexibility index (Phi) is 6.50. The van der Waals surface area contributed by atoms with E-state index < -0.39 is 0 Å². The van der Waals surface area contributed by atoms with Gasteiger partial charge in [0.1, 0.15) is 11.2 Å². The molecule has 0 aliphatic heterocycles. The number of furan rings is 1. The lowest BCUT2D eigenvalue weighted by atomic mass is 10.1. The zero-order valence-electron chi connectivity index (χ0n) is 30.8. The van der Waals surface area contributed by atoms with Crippen molar-refractivity contribution in [1.82, 2.24) is 24.1 Å². The summed E-state index contributed by atoms with van der Waals surface area (Å²) in [5.41, 5.74) is 8.90. The highest BCUT2D eigenvalue weighted by atomic mass is 32.1. The van der Waals surface area contributed by atoms with Crippen molar-refractivity contribution in [3.8, 4) is 34.4 Å². The van der Waals surface area contributed by atoms with Gasteiger partial charge < -0.3 is 8.98 Å². The smallest absolute Gasteiger partial charge is 0.238 e. The van der Waals surface area contributed by atoms with E-state index in [-0.39, 0.29) is 0 Å². The first-order valence-corrected chi connectivity index (χ1v) is 20.2. The molecular weight excluding hydrogens is 731 g/mol. The van der Waals surface area contributed by atoms with E-state index >= 15 is 0 Å². The van der Waals surface area contributed by atoms with E-state index in [0.29, 0.717) is 17.6 Å². The number of aromatic nitrogens is 5. The number of fused-ring (bicyclic) bond motifs is 13. The van der Waals surface area contributed by atoms with Gasteiger partial charge >= 0.3 is 0 Å². The predicted molar refractivity (Wildman–Crippen MR) is 240 cm³/mol. The first kappa shape index (κ1) is 31.6. The molecule has 13 rings (SSSR count). The van der Waals surface area contributed by atoms with Gasteiger partial charge in [-0.3, -0.25) is 4.57 Å². The van der Waals surface area contributed by atoms with Crippen LogP contribution in [-0.4, -0.2) is 24.1 Å². The second kappa shape index (κ2) is 11.9. The van der Waals surface area contributed by atoms with Crippen molar-refractivity contribution < 1.29 is 4.42 Å². The summed E-state index contributed by atoms with van der Waals surface area (Å²) in [4.78, 5) is 15.9. The van der Waals surface area contributed by atoms with E-state index in [1.165, 1.54) is 30.9 Å². The summed E-state index contributed by atoms with van der Waals surface area (Å²) in [5, 5.41) is 9.31. The van der Waals surface area contributed by atoms with Gasteiger partial charge in [0.05, 0.1) is 22.1 Å². The van der Waals surface area contributed by atoms with Crippen LogP contribution in [0.15, 0.2) is 180 Å². The molecule has 0 radical (unpaired) electrons. The Bertz CT molecular complexity index is 3680. The lowest BCUT2D eigenvalue weighted by Crippen LogP contribution is -2.06. The molecule has 0 N–H and O–H groups in total. The van der Waals surface area contributed by atoms with Crippen molar-refractivity contribution in [1.29, 1.82) is 0 Å². The van der Waals surface area contributed by atoms with E-state index in [2.05, 4.69) is 167 Å². The van der Waals surface area contributed by atoms with Crippen molar-refractivity contribution in [2.45, 2.75) is 0 Å². The molecule has 0 aliphatic rings. The van der Waals surface area contributed by atoms with Crippen molar-refractivity contribution in [3.63, 3.8) is 0 Å². The average molecular weight is 760 g/mol. The molecule has 0 bridgehead atoms. The molecule has 58 heavy (non-hydrogen) atoms. The monoisotopic (exact) mass is 759 g/mol. The van der Waals surface area contributed by atoms with Crippen molar-refractivity contribution >= 4 is 97.1 Å². The largest absolute Gasteiger partial charge is 0.456 e. The van der Waals surface area contributed by atoms with Gasteiger partial charge in [0.2, 0.25) is 5.95 Å². The van der Waals surface area contributed by atoms with E-state index in [4.69, 9.17) is 19.4 Å². The Labute approximate surface area is 334 Å². The molecule has 270 valence electrons. The van der Waals surface area contributed by atoms with Gasteiger partial charge in [-0.05, 0) is 60.7 Å². The van der Waals surface area contributed by atoms with Crippen LogP contribution in [0.4, 0.5) is 0 Å². The van der Waals surface area contributed by atoms with Gasteiger partial charge in [-0.1, -0.05) is 115 Å². The van der Waals surface area contributed by atoms with Gasteiger partial charge in [-0.15, -0.1) is 11.3 Å². The molecule has 5 heterocycles. The summed E-state index contributed by atoms with van der Waals surface area (Å²) in [6, 6.07) is 61.9. The third kappa shape index (κ3) is 4.50. The van der Waals surface area contributed by atoms with Crippen molar-refractivity contribution in [2.24, 2.45) is 0 Å². The Morgan fingerprint density at radius 2 is 1.00 bits per heavy atom. The molecule has 0 fully saturated rings. The second-order valence-electron chi connectivity index (χ2n) is 14.8. The van der Waals surface area contributed by atoms with Crippen LogP contribution in [0.1, 0.15) is 0 Å². The van der Waals surface area contributed by atoms with Crippen LogP contribution in [0.3, 0.4) is 0 Å². The first-order chi connectivity index (χ1) is 28.7. The SMILES string of the molecule is c1ccc(-n2c3ccccc3c3ccc4c(c5ccccc5n4-c4nc(-c5ccc6c(c5)oc5ccccc56)nc(-c5ccc6c(c5)sc5ccccc56)n4)c32)cc1. The van der Waals surface area contributed by atoms with Crippen LogP contribution in [0.5, 0.6) is 0 Å². The molecule has 6 nitrogen and oxygen atoms in total. The molecule has 13 aromatic rings. The maximum Gasteiger partial charge on any atom is 0.238 e. The zero-order chi connectivity index (χ0) is 37.9. The molecule has 0 spiro atoms. The topological polar surface area (TPSA) is 61.7 Å². The van der Waals surface area contributed by atoms with Crippen molar-refractivity contribution in [3.05, 3.63) is 176 Å². The van der Waals surface area contributed by atoms with E-state index in [0.717, 1.165) is 71.6 Å². The fraction of sp³-hybridized carbons (Fsp3) is 0. The number of para-hydroxylation sites is 4. The third-order valence-electron chi connectivity index (χ3n) is 11.6. The maximum atomic E-state index is 6.36. The third-order valence-corrected chi connectivity index (χ3v) is 12.7. The van der Waals surface area contributed by atoms with Gasteiger partial charge in [-0.2, -0.15) is 9.97 Å². The number of nitrogens with zero attached hydrogens (tertiary/aromatic N) is 5. The van der Waals surface area contributed by atoms with Crippen LogP contribution in [0, 0.1) is 0 Å². The van der Waals surface area contributed by atoms with Crippen LogP contribution in [0.25, 0.3) is 120 Å². The van der Waals surface area contributed by atoms with Gasteiger partial charge in [0, 0.05) is 69.3 Å². The number of hydrogen-bond donors (Lipinski definition) is 0. The molecule has 0 atom stereocenters. The average Bonchev–Trinajstić information content (AvgIpc) is 4.03. The standard InChI is InChI=1S/C51H29N5OS/c1-2-12-32(13-3-1)55-40-18-8-4-14-33(40)38-26-27-42-47(48(38)55)39-17-5-9-19-41(39)56(42)51-53-49(30-22-24-35-34-15-6-10-20-43(34)57-44(35)28-30)52-50(54-51)31-23-25-37-36-16-7-11-21-45(36)58-46(37)29-31/h1-29H. The second-order valence-corrected chi connectivity index (χ2v) is 15.9. The maximum absolute atomic E-state index is 6.36. The molecular formula is C51H29N5OS. The Hall–Kier alpha value is -7.61. The number of rotatable bonds is 4.